The van der Waals surface area contributed by atoms with E-state index in [1.165, 1.54) is 12.4 Å². The lowest BCUT2D eigenvalue weighted by Gasteiger charge is -2.16. The molecule has 0 radical (unpaired) electrons. The molecule has 0 spiro atoms. The first kappa shape index (κ1) is 14.1. The van der Waals surface area contributed by atoms with Gasteiger partial charge in [-0.1, -0.05) is 0 Å². The fraction of sp³-hybridized carbons (Fsp3) is 0.444. The Morgan fingerprint density at radius 3 is 2.59 bits per heavy atom. The number of likely N-dealkylation sites (N-methyl/N-ethyl adjacent to an activating group) is 1. The van der Waals surface area contributed by atoms with Gasteiger partial charge in [-0.3, -0.25) is 0 Å². The van der Waals surface area contributed by atoms with Crippen molar-refractivity contribution in [2.24, 2.45) is 0 Å². The SMILES string of the molecule is Cc1csc(C(=O)O)c1S(=O)(=O)N(C)CCO. The van der Waals surface area contributed by atoms with Gasteiger partial charge in [-0.25, -0.2) is 13.2 Å². The van der Waals surface area contributed by atoms with E-state index < -0.39 is 16.0 Å². The molecule has 1 aromatic rings. The van der Waals surface area contributed by atoms with E-state index in [1.807, 2.05) is 0 Å². The van der Waals surface area contributed by atoms with Gasteiger partial charge in [0.05, 0.1) is 6.61 Å². The van der Waals surface area contributed by atoms with Crippen molar-refractivity contribution in [3.8, 4) is 0 Å². The second-order valence-electron chi connectivity index (χ2n) is 3.43. The highest BCUT2D eigenvalue weighted by molar-refractivity contribution is 7.89. The summed E-state index contributed by atoms with van der Waals surface area (Å²) in [5.74, 6) is -1.26. The number of carbonyl (C=O) groups is 1. The predicted molar refractivity (Wildman–Crippen MR) is 62.9 cm³/mol. The molecule has 0 aliphatic carbocycles. The van der Waals surface area contributed by atoms with Crippen molar-refractivity contribution in [3.05, 3.63) is 15.8 Å². The maximum Gasteiger partial charge on any atom is 0.347 e. The fourth-order valence-electron chi connectivity index (χ4n) is 1.32. The van der Waals surface area contributed by atoms with Crippen LogP contribution in [-0.4, -0.2) is 49.1 Å². The number of hydrogen-bond donors (Lipinski definition) is 2. The number of carboxylic acids is 1. The Balaban J connectivity index is 3.33. The summed E-state index contributed by atoms with van der Waals surface area (Å²) in [5.41, 5.74) is 0.400. The molecule has 6 nitrogen and oxygen atoms in total. The lowest BCUT2D eigenvalue weighted by atomic mass is 10.3. The number of rotatable bonds is 5. The van der Waals surface area contributed by atoms with Crippen LogP contribution >= 0.6 is 11.3 Å². The third-order valence-corrected chi connectivity index (χ3v) is 5.46. The molecule has 0 saturated heterocycles. The van der Waals surface area contributed by atoms with Gasteiger partial charge in [-0.2, -0.15) is 4.31 Å². The number of aryl methyl sites for hydroxylation is 1. The molecule has 1 heterocycles. The van der Waals surface area contributed by atoms with Crippen LogP contribution in [0.5, 0.6) is 0 Å². The molecule has 0 aliphatic heterocycles. The molecule has 8 heteroatoms. The minimum absolute atomic E-state index is 0.0727. The number of sulfonamides is 1. The molecular weight excluding hydrogens is 266 g/mol. The molecule has 0 aliphatic rings. The van der Waals surface area contributed by atoms with E-state index in [-0.39, 0.29) is 22.9 Å². The summed E-state index contributed by atoms with van der Waals surface area (Å²) in [6.07, 6.45) is 0. The van der Waals surface area contributed by atoms with Gasteiger partial charge >= 0.3 is 5.97 Å². The lowest BCUT2D eigenvalue weighted by Crippen LogP contribution is -2.30. The highest BCUT2D eigenvalue weighted by Crippen LogP contribution is 2.28. The monoisotopic (exact) mass is 279 g/mol. The Morgan fingerprint density at radius 1 is 1.53 bits per heavy atom. The number of carboxylic acid groups (broad SMARTS) is 1. The zero-order chi connectivity index (χ0) is 13.2. The van der Waals surface area contributed by atoms with E-state index in [4.69, 9.17) is 10.2 Å². The number of hydrogen-bond acceptors (Lipinski definition) is 5. The van der Waals surface area contributed by atoms with E-state index in [1.54, 1.807) is 6.92 Å². The first-order chi connectivity index (χ1) is 7.82. The third kappa shape index (κ3) is 2.65. The molecule has 0 bridgehead atoms. The molecule has 2 N–H and O–H groups in total. The Morgan fingerprint density at radius 2 is 2.12 bits per heavy atom. The fourth-order valence-corrected chi connectivity index (χ4v) is 4.06. The van der Waals surface area contributed by atoms with Gasteiger partial charge in [-0.05, 0) is 17.9 Å². The van der Waals surface area contributed by atoms with Gasteiger partial charge in [-0.15, -0.1) is 11.3 Å². The molecule has 0 fully saturated rings. The summed E-state index contributed by atoms with van der Waals surface area (Å²) in [4.78, 5) is 10.5. The number of aromatic carboxylic acids is 1. The van der Waals surface area contributed by atoms with E-state index in [0.717, 1.165) is 15.6 Å². The highest BCUT2D eigenvalue weighted by Gasteiger charge is 2.29. The van der Waals surface area contributed by atoms with Crippen LogP contribution in [-0.2, 0) is 10.0 Å². The van der Waals surface area contributed by atoms with Crippen LogP contribution in [0.3, 0.4) is 0 Å². The van der Waals surface area contributed by atoms with Gasteiger partial charge in [0, 0.05) is 13.6 Å². The summed E-state index contributed by atoms with van der Waals surface area (Å²) in [5, 5.41) is 19.1. The molecule has 0 saturated carbocycles. The van der Waals surface area contributed by atoms with Crippen LogP contribution in [0, 0.1) is 6.92 Å². The lowest BCUT2D eigenvalue weighted by molar-refractivity contribution is 0.0698. The Kier molecular flexibility index (Phi) is 4.26. The molecular formula is C9H13NO5S2. The Labute approximate surface area is 103 Å². The maximum atomic E-state index is 12.1. The van der Waals surface area contributed by atoms with E-state index in [0.29, 0.717) is 5.56 Å². The van der Waals surface area contributed by atoms with Crippen LogP contribution in [0.1, 0.15) is 15.2 Å². The van der Waals surface area contributed by atoms with Crippen molar-refractivity contribution in [2.45, 2.75) is 11.8 Å². The summed E-state index contributed by atoms with van der Waals surface area (Å²) in [7, 11) is -2.56. The molecule has 17 heavy (non-hydrogen) atoms. The maximum absolute atomic E-state index is 12.1. The summed E-state index contributed by atoms with van der Waals surface area (Å²) in [6.45, 7) is 1.15. The zero-order valence-electron chi connectivity index (χ0n) is 9.37. The van der Waals surface area contributed by atoms with E-state index in [2.05, 4.69) is 0 Å². The van der Waals surface area contributed by atoms with Crippen LogP contribution in [0.4, 0.5) is 0 Å². The first-order valence-corrected chi connectivity index (χ1v) is 7.03. The highest BCUT2D eigenvalue weighted by atomic mass is 32.2. The largest absolute Gasteiger partial charge is 0.477 e. The number of aliphatic hydroxyl groups is 1. The summed E-state index contributed by atoms with van der Waals surface area (Å²) >= 11 is 0.879. The summed E-state index contributed by atoms with van der Waals surface area (Å²) in [6, 6.07) is 0. The van der Waals surface area contributed by atoms with E-state index >= 15 is 0 Å². The van der Waals surface area contributed by atoms with Crippen molar-refractivity contribution in [1.82, 2.24) is 4.31 Å². The quantitative estimate of drug-likeness (QED) is 0.812. The molecule has 1 aromatic heterocycles. The topological polar surface area (TPSA) is 94.9 Å². The minimum atomic E-state index is -3.86. The first-order valence-electron chi connectivity index (χ1n) is 4.71. The van der Waals surface area contributed by atoms with Crippen LogP contribution in [0.15, 0.2) is 10.3 Å². The number of thiophene rings is 1. The van der Waals surface area contributed by atoms with Gasteiger partial charge < -0.3 is 10.2 Å². The molecule has 1 rings (SSSR count). The second-order valence-corrected chi connectivity index (χ2v) is 6.29. The van der Waals surface area contributed by atoms with Crippen molar-refractivity contribution in [2.75, 3.05) is 20.2 Å². The van der Waals surface area contributed by atoms with Gasteiger partial charge in [0.25, 0.3) is 0 Å². The predicted octanol–water partition coefficient (Wildman–Crippen LogP) is 0.368. The van der Waals surface area contributed by atoms with Crippen molar-refractivity contribution < 1.29 is 23.4 Å². The number of aliphatic hydroxyl groups excluding tert-OH is 1. The van der Waals surface area contributed by atoms with Gasteiger partial charge in [0.15, 0.2) is 0 Å². The normalized spacial score (nSPS) is 12.0. The van der Waals surface area contributed by atoms with Gasteiger partial charge in [0.1, 0.15) is 9.77 Å². The third-order valence-electron chi connectivity index (χ3n) is 2.20. The number of nitrogens with zero attached hydrogens (tertiary/aromatic N) is 1. The Hall–Kier alpha value is -0.960. The van der Waals surface area contributed by atoms with Crippen molar-refractivity contribution in [1.29, 1.82) is 0 Å². The molecule has 0 amide bonds. The van der Waals surface area contributed by atoms with Crippen molar-refractivity contribution in [3.63, 3.8) is 0 Å². The molecule has 0 unspecified atom stereocenters. The standard InChI is InChI=1S/C9H13NO5S2/c1-6-5-16-7(9(12)13)8(6)17(14,15)10(2)3-4-11/h5,11H,3-4H2,1-2H3,(H,12,13). The Bertz CT molecular complexity index is 519. The minimum Gasteiger partial charge on any atom is -0.477 e. The van der Waals surface area contributed by atoms with Crippen LogP contribution < -0.4 is 0 Å². The van der Waals surface area contributed by atoms with Gasteiger partial charge in [0.2, 0.25) is 10.0 Å². The van der Waals surface area contributed by atoms with Crippen LogP contribution in [0.25, 0.3) is 0 Å². The second kappa shape index (κ2) is 5.13. The van der Waals surface area contributed by atoms with Crippen LogP contribution in [0.2, 0.25) is 0 Å². The average molecular weight is 279 g/mol. The average Bonchev–Trinajstić information content (AvgIpc) is 2.61. The smallest absolute Gasteiger partial charge is 0.347 e. The summed E-state index contributed by atoms with van der Waals surface area (Å²) < 4.78 is 25.1. The molecule has 0 atom stereocenters. The molecule has 0 aromatic carbocycles. The van der Waals surface area contributed by atoms with Crippen molar-refractivity contribution >= 4 is 27.3 Å². The van der Waals surface area contributed by atoms with E-state index in [9.17, 15) is 13.2 Å². The molecule has 96 valence electrons. The zero-order valence-corrected chi connectivity index (χ0v) is 11.0.